The van der Waals surface area contributed by atoms with Crippen molar-refractivity contribution >= 4 is 23.1 Å². The molecule has 0 aliphatic rings. The summed E-state index contributed by atoms with van der Waals surface area (Å²) in [5.41, 5.74) is 1.39. The zero-order valence-corrected chi connectivity index (χ0v) is 12.3. The Hall–Kier alpha value is -3.22. The molecule has 0 aliphatic heterocycles. The number of halogens is 1. The Labute approximate surface area is 132 Å². The van der Waals surface area contributed by atoms with Crippen LogP contribution in [0.15, 0.2) is 54.7 Å². The van der Waals surface area contributed by atoms with Gasteiger partial charge in [0, 0.05) is 11.4 Å². The fourth-order valence-electron chi connectivity index (χ4n) is 1.93. The Morgan fingerprint density at radius 3 is 2.57 bits per heavy atom. The molecule has 23 heavy (non-hydrogen) atoms. The first-order valence-corrected chi connectivity index (χ1v) is 6.86. The minimum atomic E-state index is -0.338. The molecule has 116 valence electrons. The van der Waals surface area contributed by atoms with Gasteiger partial charge in [0.05, 0.1) is 13.3 Å². The molecule has 1 heterocycles. The van der Waals surface area contributed by atoms with Crippen LogP contribution < -0.4 is 15.4 Å². The van der Waals surface area contributed by atoms with Gasteiger partial charge in [0.2, 0.25) is 5.95 Å². The van der Waals surface area contributed by atoms with Gasteiger partial charge in [-0.1, -0.05) is 6.07 Å². The van der Waals surface area contributed by atoms with E-state index in [9.17, 15) is 4.39 Å². The molecule has 6 nitrogen and oxygen atoms in total. The summed E-state index contributed by atoms with van der Waals surface area (Å²) < 4.78 is 18.3. The number of hydrogen-bond acceptors (Lipinski definition) is 6. The van der Waals surface area contributed by atoms with Gasteiger partial charge in [0.1, 0.15) is 11.6 Å². The second-order valence-electron chi connectivity index (χ2n) is 4.65. The van der Waals surface area contributed by atoms with E-state index in [2.05, 4.69) is 25.8 Å². The fourth-order valence-corrected chi connectivity index (χ4v) is 1.93. The van der Waals surface area contributed by atoms with E-state index in [-0.39, 0.29) is 11.8 Å². The minimum Gasteiger partial charge on any atom is -0.497 e. The second-order valence-corrected chi connectivity index (χ2v) is 4.65. The van der Waals surface area contributed by atoms with Crippen molar-refractivity contribution in [2.45, 2.75) is 0 Å². The first-order valence-electron chi connectivity index (χ1n) is 6.86. The van der Waals surface area contributed by atoms with Crippen molar-refractivity contribution in [3.63, 3.8) is 0 Å². The molecule has 2 N–H and O–H groups in total. The van der Waals surface area contributed by atoms with E-state index in [1.54, 1.807) is 19.2 Å². The maximum atomic E-state index is 13.2. The summed E-state index contributed by atoms with van der Waals surface area (Å²) in [7, 11) is 1.61. The molecule has 3 aromatic rings. The van der Waals surface area contributed by atoms with Crippen LogP contribution in [0.2, 0.25) is 0 Å². The van der Waals surface area contributed by atoms with Gasteiger partial charge < -0.3 is 15.4 Å². The smallest absolute Gasteiger partial charge is 0.249 e. The Morgan fingerprint density at radius 2 is 1.83 bits per heavy atom. The topological polar surface area (TPSA) is 72.0 Å². The number of ether oxygens (including phenoxy) is 1. The van der Waals surface area contributed by atoms with Crippen molar-refractivity contribution in [1.29, 1.82) is 0 Å². The van der Waals surface area contributed by atoms with Crippen molar-refractivity contribution in [2.75, 3.05) is 17.7 Å². The van der Waals surface area contributed by atoms with E-state index in [1.165, 1.54) is 18.3 Å². The molecule has 0 atom stereocenters. The largest absolute Gasteiger partial charge is 0.497 e. The van der Waals surface area contributed by atoms with E-state index >= 15 is 0 Å². The first-order chi connectivity index (χ1) is 11.2. The zero-order valence-electron chi connectivity index (χ0n) is 12.3. The Kier molecular flexibility index (Phi) is 4.28. The van der Waals surface area contributed by atoms with Gasteiger partial charge in [-0.05, 0) is 42.5 Å². The molecule has 7 heteroatoms. The molecule has 0 amide bonds. The van der Waals surface area contributed by atoms with Crippen LogP contribution in [0.1, 0.15) is 0 Å². The predicted molar refractivity (Wildman–Crippen MR) is 85.8 cm³/mol. The highest BCUT2D eigenvalue weighted by Gasteiger charge is 2.03. The lowest BCUT2D eigenvalue weighted by Gasteiger charge is -2.08. The third-order valence-corrected chi connectivity index (χ3v) is 3.00. The maximum Gasteiger partial charge on any atom is 0.249 e. The van der Waals surface area contributed by atoms with Crippen LogP contribution >= 0.6 is 0 Å². The van der Waals surface area contributed by atoms with E-state index in [4.69, 9.17) is 4.74 Å². The quantitative estimate of drug-likeness (QED) is 0.751. The number of nitrogens with zero attached hydrogens (tertiary/aromatic N) is 3. The highest BCUT2D eigenvalue weighted by atomic mass is 19.1. The number of nitrogens with one attached hydrogen (secondary N) is 2. The number of benzene rings is 2. The summed E-state index contributed by atoms with van der Waals surface area (Å²) in [4.78, 5) is 4.29. The lowest BCUT2D eigenvalue weighted by molar-refractivity contribution is 0.415. The van der Waals surface area contributed by atoms with Crippen molar-refractivity contribution in [1.82, 2.24) is 15.2 Å². The summed E-state index contributed by atoms with van der Waals surface area (Å²) in [5, 5.41) is 13.8. The van der Waals surface area contributed by atoms with Crippen LogP contribution in [0.25, 0.3) is 0 Å². The van der Waals surface area contributed by atoms with Gasteiger partial charge in [0.15, 0.2) is 5.82 Å². The van der Waals surface area contributed by atoms with Gasteiger partial charge in [0.25, 0.3) is 0 Å². The summed E-state index contributed by atoms with van der Waals surface area (Å²) in [6.45, 7) is 0. The summed E-state index contributed by atoms with van der Waals surface area (Å²) in [5.74, 6) is 1.22. The molecule has 0 aliphatic carbocycles. The van der Waals surface area contributed by atoms with Crippen LogP contribution in [0, 0.1) is 5.82 Å². The SMILES string of the molecule is COc1ccc(Nc2cnnc(Nc3cccc(F)c3)n2)cc1. The molecule has 0 fully saturated rings. The Bertz CT molecular complexity index is 794. The van der Waals surface area contributed by atoms with Gasteiger partial charge in [-0.25, -0.2) is 4.39 Å². The predicted octanol–water partition coefficient (Wildman–Crippen LogP) is 3.51. The van der Waals surface area contributed by atoms with Crippen LogP contribution in [-0.2, 0) is 0 Å². The lowest BCUT2D eigenvalue weighted by Crippen LogP contribution is -2.02. The van der Waals surface area contributed by atoms with Gasteiger partial charge in [-0.3, -0.25) is 0 Å². The number of anilines is 4. The molecule has 0 unspecified atom stereocenters. The van der Waals surface area contributed by atoms with E-state index in [0.717, 1.165) is 11.4 Å². The van der Waals surface area contributed by atoms with Gasteiger partial charge >= 0.3 is 0 Å². The normalized spacial score (nSPS) is 10.2. The van der Waals surface area contributed by atoms with Crippen molar-refractivity contribution in [3.05, 3.63) is 60.5 Å². The van der Waals surface area contributed by atoms with Gasteiger partial charge in [-0.15, -0.1) is 5.10 Å². The number of hydrogen-bond donors (Lipinski definition) is 2. The summed E-state index contributed by atoms with van der Waals surface area (Å²) in [6, 6.07) is 13.4. The maximum absolute atomic E-state index is 13.2. The molecule has 1 aromatic heterocycles. The number of aromatic nitrogens is 3. The standard InChI is InChI=1S/C16H14FN5O/c1-23-14-7-5-12(6-8-14)19-15-10-18-22-16(21-15)20-13-4-2-3-11(17)9-13/h2-10H,1H3,(H2,19,20,21,22). The average molecular weight is 311 g/mol. The fraction of sp³-hybridized carbons (Fsp3) is 0.0625. The molecule has 0 radical (unpaired) electrons. The monoisotopic (exact) mass is 311 g/mol. The van der Waals surface area contributed by atoms with E-state index in [0.29, 0.717) is 11.5 Å². The molecule has 0 spiro atoms. The molecule has 0 bridgehead atoms. The molecule has 0 saturated heterocycles. The van der Waals surface area contributed by atoms with Gasteiger partial charge in [-0.2, -0.15) is 10.1 Å². The van der Waals surface area contributed by atoms with Crippen LogP contribution in [0.4, 0.5) is 27.5 Å². The minimum absolute atomic E-state index is 0.272. The van der Waals surface area contributed by atoms with Crippen molar-refractivity contribution in [2.24, 2.45) is 0 Å². The number of rotatable bonds is 5. The van der Waals surface area contributed by atoms with Crippen molar-refractivity contribution < 1.29 is 9.13 Å². The Balaban J connectivity index is 1.74. The third-order valence-electron chi connectivity index (χ3n) is 3.00. The van der Waals surface area contributed by atoms with E-state index < -0.39 is 0 Å². The number of methoxy groups -OCH3 is 1. The van der Waals surface area contributed by atoms with Crippen LogP contribution in [-0.4, -0.2) is 22.3 Å². The summed E-state index contributed by atoms with van der Waals surface area (Å²) >= 11 is 0. The van der Waals surface area contributed by atoms with Crippen LogP contribution in [0.5, 0.6) is 5.75 Å². The highest BCUT2D eigenvalue weighted by molar-refractivity contribution is 5.59. The Morgan fingerprint density at radius 1 is 1.00 bits per heavy atom. The summed E-state index contributed by atoms with van der Waals surface area (Å²) in [6.07, 6.45) is 1.50. The second kappa shape index (κ2) is 6.69. The molecule has 0 saturated carbocycles. The molecular formula is C16H14FN5O. The van der Waals surface area contributed by atoms with Crippen LogP contribution in [0.3, 0.4) is 0 Å². The highest BCUT2D eigenvalue weighted by Crippen LogP contribution is 2.19. The average Bonchev–Trinajstić information content (AvgIpc) is 2.56. The van der Waals surface area contributed by atoms with Crippen molar-refractivity contribution in [3.8, 4) is 5.75 Å². The lowest BCUT2D eigenvalue weighted by atomic mass is 10.3. The molecule has 2 aromatic carbocycles. The molecular weight excluding hydrogens is 297 g/mol. The molecule has 3 rings (SSSR count). The van der Waals surface area contributed by atoms with E-state index in [1.807, 2.05) is 24.3 Å². The zero-order chi connectivity index (χ0) is 16.1. The first kappa shape index (κ1) is 14.7. The third kappa shape index (κ3) is 3.91.